The van der Waals surface area contributed by atoms with Crippen molar-refractivity contribution in [2.24, 2.45) is 5.92 Å². The van der Waals surface area contributed by atoms with Gasteiger partial charge in [-0.15, -0.1) is 0 Å². The van der Waals surface area contributed by atoms with Gasteiger partial charge in [-0.1, -0.05) is 6.07 Å². The Morgan fingerprint density at radius 1 is 1.50 bits per heavy atom. The number of aromatic nitrogens is 1. The number of piperidine rings is 1. The van der Waals surface area contributed by atoms with Crippen LogP contribution in [0.1, 0.15) is 25.3 Å². The maximum atomic E-state index is 11.9. The molecule has 5 heteroatoms. The Morgan fingerprint density at radius 3 is 3.00 bits per heavy atom. The Balaban J connectivity index is 1.99. The van der Waals surface area contributed by atoms with E-state index in [1.54, 1.807) is 17.4 Å². The average molecular weight is 268 g/mol. The molecular weight excluding hydrogens is 248 g/mol. The first-order valence-electron chi connectivity index (χ1n) is 6.48. The molecule has 2 heterocycles. The van der Waals surface area contributed by atoms with Crippen LogP contribution in [0, 0.1) is 5.92 Å². The molecular formula is C13H20N2O2S. The third-order valence-corrected chi connectivity index (χ3v) is 5.34. The fourth-order valence-electron chi connectivity index (χ4n) is 2.48. The van der Waals surface area contributed by atoms with Crippen LogP contribution < -0.4 is 0 Å². The van der Waals surface area contributed by atoms with E-state index in [4.69, 9.17) is 0 Å². The summed E-state index contributed by atoms with van der Waals surface area (Å²) in [6, 6.07) is 3.99. The highest BCUT2D eigenvalue weighted by molar-refractivity contribution is 7.89. The lowest BCUT2D eigenvalue weighted by molar-refractivity contribution is 0.265. The van der Waals surface area contributed by atoms with Crippen molar-refractivity contribution in [2.75, 3.05) is 18.8 Å². The van der Waals surface area contributed by atoms with Crippen LogP contribution in [-0.2, 0) is 16.4 Å². The van der Waals surface area contributed by atoms with E-state index in [1.165, 1.54) is 5.56 Å². The first-order chi connectivity index (χ1) is 8.62. The van der Waals surface area contributed by atoms with Gasteiger partial charge >= 0.3 is 0 Å². The summed E-state index contributed by atoms with van der Waals surface area (Å²) in [5.74, 6) is 0.622. The summed E-state index contributed by atoms with van der Waals surface area (Å²) in [7, 11) is -3.03. The van der Waals surface area contributed by atoms with Crippen LogP contribution >= 0.6 is 0 Å². The summed E-state index contributed by atoms with van der Waals surface area (Å²) in [5.41, 5.74) is 1.19. The molecule has 1 atom stereocenters. The summed E-state index contributed by atoms with van der Waals surface area (Å²) in [6.07, 6.45) is 6.61. The number of pyridine rings is 1. The standard InChI is InChI=1S/C13H20N2O2S/c1-2-18(16,17)15-8-4-6-13(11-15)9-12-5-3-7-14-10-12/h3,5,7,10,13H,2,4,6,8-9,11H2,1H3/t13-/m1/s1. The largest absolute Gasteiger partial charge is 0.264 e. The number of hydrogen-bond donors (Lipinski definition) is 0. The lowest BCUT2D eigenvalue weighted by atomic mass is 9.93. The first-order valence-corrected chi connectivity index (χ1v) is 8.09. The van der Waals surface area contributed by atoms with Gasteiger partial charge in [0.2, 0.25) is 10.0 Å². The van der Waals surface area contributed by atoms with Crippen LogP contribution in [0.3, 0.4) is 0 Å². The van der Waals surface area contributed by atoms with Gasteiger partial charge < -0.3 is 0 Å². The van der Waals surface area contributed by atoms with Gasteiger partial charge in [0.15, 0.2) is 0 Å². The predicted molar refractivity (Wildman–Crippen MR) is 71.7 cm³/mol. The van der Waals surface area contributed by atoms with Crippen molar-refractivity contribution in [3.05, 3.63) is 30.1 Å². The number of hydrogen-bond acceptors (Lipinski definition) is 3. The Morgan fingerprint density at radius 2 is 2.33 bits per heavy atom. The van der Waals surface area contributed by atoms with E-state index >= 15 is 0 Å². The molecule has 1 saturated heterocycles. The Bertz CT molecular complexity index is 473. The van der Waals surface area contributed by atoms with E-state index in [0.29, 0.717) is 19.0 Å². The molecule has 100 valence electrons. The molecule has 0 unspecified atom stereocenters. The van der Waals surface area contributed by atoms with Crippen LogP contribution in [0.15, 0.2) is 24.5 Å². The smallest absolute Gasteiger partial charge is 0.213 e. The summed E-state index contributed by atoms with van der Waals surface area (Å²) in [6.45, 7) is 3.05. The molecule has 1 aliphatic rings. The van der Waals surface area contributed by atoms with E-state index < -0.39 is 10.0 Å². The van der Waals surface area contributed by atoms with Crippen molar-refractivity contribution >= 4 is 10.0 Å². The van der Waals surface area contributed by atoms with Gasteiger partial charge in [-0.05, 0) is 43.7 Å². The van der Waals surface area contributed by atoms with Crippen molar-refractivity contribution in [3.63, 3.8) is 0 Å². The minimum Gasteiger partial charge on any atom is -0.264 e. The lowest BCUT2D eigenvalue weighted by Gasteiger charge is -2.31. The van der Waals surface area contributed by atoms with Crippen LogP contribution in [0.25, 0.3) is 0 Å². The fraction of sp³-hybridized carbons (Fsp3) is 0.615. The SMILES string of the molecule is CCS(=O)(=O)N1CCC[C@H](Cc2cccnc2)C1. The second-order valence-corrected chi connectivity index (χ2v) is 7.09. The van der Waals surface area contributed by atoms with E-state index in [-0.39, 0.29) is 5.75 Å². The third-order valence-electron chi connectivity index (χ3n) is 3.49. The number of rotatable bonds is 4. The monoisotopic (exact) mass is 268 g/mol. The quantitative estimate of drug-likeness (QED) is 0.835. The van der Waals surface area contributed by atoms with E-state index in [1.807, 2.05) is 12.3 Å². The van der Waals surface area contributed by atoms with Gasteiger partial charge in [-0.2, -0.15) is 0 Å². The van der Waals surface area contributed by atoms with Crippen LogP contribution in [0.2, 0.25) is 0 Å². The summed E-state index contributed by atoms with van der Waals surface area (Å²) < 4.78 is 25.4. The van der Waals surface area contributed by atoms with Crippen molar-refractivity contribution in [1.29, 1.82) is 0 Å². The molecule has 0 radical (unpaired) electrons. The van der Waals surface area contributed by atoms with Crippen molar-refractivity contribution in [1.82, 2.24) is 9.29 Å². The average Bonchev–Trinajstić information content (AvgIpc) is 2.40. The molecule has 0 aromatic carbocycles. The highest BCUT2D eigenvalue weighted by atomic mass is 32.2. The topological polar surface area (TPSA) is 50.3 Å². The lowest BCUT2D eigenvalue weighted by Crippen LogP contribution is -2.41. The first kappa shape index (κ1) is 13.5. The van der Waals surface area contributed by atoms with E-state index in [0.717, 1.165) is 19.3 Å². The molecule has 0 bridgehead atoms. The second-order valence-electron chi connectivity index (χ2n) is 4.83. The molecule has 0 N–H and O–H groups in total. The van der Waals surface area contributed by atoms with Crippen molar-refractivity contribution in [3.8, 4) is 0 Å². The Labute approximate surface area is 109 Å². The van der Waals surface area contributed by atoms with Crippen LogP contribution in [0.4, 0.5) is 0 Å². The zero-order chi connectivity index (χ0) is 13.0. The van der Waals surface area contributed by atoms with Crippen LogP contribution in [-0.4, -0.2) is 36.5 Å². The summed E-state index contributed by atoms with van der Waals surface area (Å²) in [4.78, 5) is 4.10. The third kappa shape index (κ3) is 3.29. The van der Waals surface area contributed by atoms with Crippen LogP contribution in [0.5, 0.6) is 0 Å². The molecule has 1 fully saturated rings. The molecule has 0 spiro atoms. The van der Waals surface area contributed by atoms with Gasteiger partial charge in [0, 0.05) is 25.5 Å². The number of nitrogens with zero attached hydrogens (tertiary/aromatic N) is 2. The molecule has 2 rings (SSSR count). The maximum absolute atomic E-state index is 11.9. The number of sulfonamides is 1. The predicted octanol–water partition coefficient (Wildman–Crippen LogP) is 1.69. The van der Waals surface area contributed by atoms with E-state index in [2.05, 4.69) is 11.1 Å². The van der Waals surface area contributed by atoms with E-state index in [9.17, 15) is 8.42 Å². The highest BCUT2D eigenvalue weighted by Gasteiger charge is 2.27. The van der Waals surface area contributed by atoms with Gasteiger partial charge in [-0.25, -0.2) is 12.7 Å². The normalized spacial score (nSPS) is 21.9. The molecule has 0 aliphatic carbocycles. The zero-order valence-electron chi connectivity index (χ0n) is 10.7. The molecule has 18 heavy (non-hydrogen) atoms. The molecule has 1 aromatic heterocycles. The fourth-order valence-corrected chi connectivity index (χ4v) is 3.69. The van der Waals surface area contributed by atoms with Gasteiger partial charge in [0.25, 0.3) is 0 Å². The molecule has 4 nitrogen and oxygen atoms in total. The Kier molecular flexibility index (Phi) is 4.35. The molecule has 0 amide bonds. The van der Waals surface area contributed by atoms with Gasteiger partial charge in [0.1, 0.15) is 0 Å². The Hall–Kier alpha value is -0.940. The molecule has 0 saturated carbocycles. The summed E-state index contributed by atoms with van der Waals surface area (Å²) in [5, 5.41) is 0. The molecule has 1 aromatic rings. The minimum atomic E-state index is -3.03. The maximum Gasteiger partial charge on any atom is 0.213 e. The second kappa shape index (κ2) is 5.80. The minimum absolute atomic E-state index is 0.201. The summed E-state index contributed by atoms with van der Waals surface area (Å²) >= 11 is 0. The van der Waals surface area contributed by atoms with Crippen molar-refractivity contribution in [2.45, 2.75) is 26.2 Å². The van der Waals surface area contributed by atoms with Crippen molar-refractivity contribution < 1.29 is 8.42 Å². The van der Waals surface area contributed by atoms with Gasteiger partial charge in [0.05, 0.1) is 5.75 Å². The highest BCUT2D eigenvalue weighted by Crippen LogP contribution is 2.22. The van der Waals surface area contributed by atoms with Gasteiger partial charge in [-0.3, -0.25) is 4.98 Å². The molecule has 1 aliphatic heterocycles. The zero-order valence-corrected chi connectivity index (χ0v) is 11.6.